The zero-order valence-corrected chi connectivity index (χ0v) is 19.0. The van der Waals surface area contributed by atoms with Gasteiger partial charge in [0.15, 0.2) is 0 Å². The number of aromatic nitrogens is 2. The monoisotopic (exact) mass is 474 g/mol. The summed E-state index contributed by atoms with van der Waals surface area (Å²) in [7, 11) is -3.89. The molecule has 0 N–H and O–H groups in total. The number of nitrogens with zero attached hydrogens (tertiary/aromatic N) is 2. The maximum Gasteiger partial charge on any atom is 0.268 e. The Balaban J connectivity index is 1.64. The molecule has 0 aliphatic rings. The zero-order chi connectivity index (χ0) is 22.8. The Hall–Kier alpha value is -3.61. The topological polar surface area (TPSA) is 61.2 Å². The van der Waals surface area contributed by atoms with Crippen molar-refractivity contribution in [2.24, 2.45) is 0 Å². The van der Waals surface area contributed by atoms with Crippen LogP contribution in [0.25, 0.3) is 22.3 Å². The summed E-state index contributed by atoms with van der Waals surface area (Å²) in [4.78, 5) is 4.56. The summed E-state index contributed by atoms with van der Waals surface area (Å²) in [5.74, 6) is 0.645. The number of hydrogen-bond donors (Lipinski definition) is 0. The molecule has 5 rings (SSSR count). The van der Waals surface area contributed by atoms with Crippen molar-refractivity contribution in [1.29, 1.82) is 0 Å². The lowest BCUT2D eigenvalue weighted by atomic mass is 10.2. The molecule has 5 nitrogen and oxygen atoms in total. The van der Waals surface area contributed by atoms with Gasteiger partial charge in [0.1, 0.15) is 12.4 Å². The molecule has 0 saturated heterocycles. The van der Waals surface area contributed by atoms with E-state index < -0.39 is 10.0 Å². The second-order valence-corrected chi connectivity index (χ2v) is 9.69. The van der Waals surface area contributed by atoms with Crippen LogP contribution in [0.5, 0.6) is 5.75 Å². The molecule has 0 aliphatic carbocycles. The highest BCUT2D eigenvalue weighted by molar-refractivity contribution is 7.90. The van der Waals surface area contributed by atoms with Gasteiger partial charge in [0, 0.05) is 16.6 Å². The van der Waals surface area contributed by atoms with Crippen LogP contribution in [0.2, 0.25) is 5.02 Å². The molecule has 0 amide bonds. The van der Waals surface area contributed by atoms with E-state index in [1.807, 2.05) is 36.4 Å². The van der Waals surface area contributed by atoms with Crippen LogP contribution >= 0.6 is 11.6 Å². The van der Waals surface area contributed by atoms with Gasteiger partial charge in [0.05, 0.1) is 21.8 Å². The first-order valence-electron chi connectivity index (χ1n) is 10.3. The van der Waals surface area contributed by atoms with Gasteiger partial charge >= 0.3 is 0 Å². The van der Waals surface area contributed by atoms with Crippen molar-refractivity contribution in [3.8, 4) is 17.1 Å². The molecule has 2 aromatic heterocycles. The van der Waals surface area contributed by atoms with E-state index in [4.69, 9.17) is 16.3 Å². The number of ether oxygens (including phenoxy) is 1. The fraction of sp³-hybridized carbons (Fsp3) is 0.0385. The Morgan fingerprint density at radius 2 is 1.58 bits per heavy atom. The van der Waals surface area contributed by atoms with Crippen LogP contribution in [0.15, 0.2) is 108 Å². The first-order valence-corrected chi connectivity index (χ1v) is 12.1. The maximum atomic E-state index is 13.7. The van der Waals surface area contributed by atoms with Crippen molar-refractivity contribution in [3.05, 3.63) is 114 Å². The molecule has 0 unspecified atom stereocenters. The lowest BCUT2D eigenvalue weighted by molar-refractivity contribution is 0.306. The molecule has 164 valence electrons. The summed E-state index contributed by atoms with van der Waals surface area (Å²) < 4.78 is 34.6. The standard InChI is InChI=1S/C26H19ClN2O3S/c27-21-13-14-28-24(17-21)26-16-20-15-22(32-18-19-7-3-1-4-8-19)11-12-25(20)29(26)33(30,31)23-9-5-2-6-10-23/h1-17H,18H2. The quantitative estimate of drug-likeness (QED) is 0.295. The van der Waals surface area contributed by atoms with Gasteiger partial charge in [0.2, 0.25) is 0 Å². The SMILES string of the molecule is O=S(=O)(c1ccccc1)n1c(-c2cc(Cl)ccn2)cc2cc(OCc3ccccc3)ccc21. The van der Waals surface area contributed by atoms with Gasteiger partial charge in [-0.1, -0.05) is 60.1 Å². The Kier molecular flexibility index (Phi) is 5.62. The summed E-state index contributed by atoms with van der Waals surface area (Å²) >= 11 is 6.18. The van der Waals surface area contributed by atoms with Crippen molar-refractivity contribution in [2.45, 2.75) is 11.5 Å². The molecule has 5 aromatic rings. The molecular formula is C26H19ClN2O3S. The number of hydrogen-bond acceptors (Lipinski definition) is 4. The van der Waals surface area contributed by atoms with Crippen molar-refractivity contribution in [2.75, 3.05) is 0 Å². The smallest absolute Gasteiger partial charge is 0.268 e. The van der Waals surface area contributed by atoms with Crippen LogP contribution < -0.4 is 4.74 Å². The van der Waals surface area contributed by atoms with E-state index >= 15 is 0 Å². The largest absolute Gasteiger partial charge is 0.489 e. The average Bonchev–Trinajstić information content (AvgIpc) is 3.24. The van der Waals surface area contributed by atoms with Crippen LogP contribution in [0.3, 0.4) is 0 Å². The van der Waals surface area contributed by atoms with Gasteiger partial charge in [-0.05, 0) is 54.1 Å². The van der Waals surface area contributed by atoms with Crippen molar-refractivity contribution in [1.82, 2.24) is 8.96 Å². The van der Waals surface area contributed by atoms with Gasteiger partial charge < -0.3 is 4.74 Å². The molecule has 3 aromatic carbocycles. The van der Waals surface area contributed by atoms with Crippen LogP contribution in [0.4, 0.5) is 0 Å². The third-order valence-electron chi connectivity index (χ3n) is 5.24. The molecular weight excluding hydrogens is 456 g/mol. The van der Waals surface area contributed by atoms with Gasteiger partial charge in [-0.3, -0.25) is 4.98 Å². The van der Waals surface area contributed by atoms with E-state index in [9.17, 15) is 8.42 Å². The lowest BCUT2D eigenvalue weighted by Crippen LogP contribution is -2.14. The molecule has 7 heteroatoms. The van der Waals surface area contributed by atoms with E-state index in [2.05, 4.69) is 4.98 Å². The Morgan fingerprint density at radius 1 is 0.848 bits per heavy atom. The highest BCUT2D eigenvalue weighted by Crippen LogP contribution is 2.34. The number of rotatable bonds is 6. The number of pyridine rings is 1. The van der Waals surface area contributed by atoms with Crippen molar-refractivity contribution >= 4 is 32.5 Å². The highest BCUT2D eigenvalue weighted by atomic mass is 35.5. The van der Waals surface area contributed by atoms with Crippen LogP contribution in [-0.4, -0.2) is 17.4 Å². The number of halogens is 1. The highest BCUT2D eigenvalue weighted by Gasteiger charge is 2.24. The van der Waals surface area contributed by atoms with Crippen molar-refractivity contribution in [3.63, 3.8) is 0 Å². The first kappa shape index (κ1) is 21.2. The summed E-state index contributed by atoms with van der Waals surface area (Å²) in [5.41, 5.74) is 2.47. The predicted molar refractivity (Wildman–Crippen MR) is 130 cm³/mol. The van der Waals surface area contributed by atoms with Crippen molar-refractivity contribution < 1.29 is 13.2 Å². The summed E-state index contributed by atoms with van der Waals surface area (Å²) in [6, 6.07) is 28.7. The van der Waals surface area contributed by atoms with Crippen LogP contribution in [-0.2, 0) is 16.6 Å². The molecule has 0 bridgehead atoms. The van der Waals surface area contributed by atoms with Gasteiger partial charge in [-0.15, -0.1) is 0 Å². The summed E-state index contributed by atoms with van der Waals surface area (Å²) in [6.45, 7) is 0.415. The third-order valence-corrected chi connectivity index (χ3v) is 7.22. The molecule has 0 aliphatic heterocycles. The van der Waals surface area contributed by atoms with Gasteiger partial charge in [0.25, 0.3) is 10.0 Å². The van der Waals surface area contributed by atoms with E-state index in [1.54, 1.807) is 66.9 Å². The zero-order valence-electron chi connectivity index (χ0n) is 17.4. The Bertz CT molecular complexity index is 1530. The predicted octanol–water partition coefficient (Wildman–Crippen LogP) is 6.17. The first-order chi connectivity index (χ1) is 16.0. The minimum atomic E-state index is -3.89. The fourth-order valence-electron chi connectivity index (χ4n) is 3.68. The minimum Gasteiger partial charge on any atom is -0.489 e. The second-order valence-electron chi connectivity index (χ2n) is 7.47. The fourth-order valence-corrected chi connectivity index (χ4v) is 5.38. The molecule has 0 saturated carbocycles. The van der Waals surface area contributed by atoms with Gasteiger partial charge in [-0.2, -0.15) is 0 Å². The lowest BCUT2D eigenvalue weighted by Gasteiger charge is -2.12. The molecule has 0 fully saturated rings. The van der Waals surface area contributed by atoms with Gasteiger partial charge in [-0.25, -0.2) is 12.4 Å². The summed E-state index contributed by atoms with van der Waals surface area (Å²) in [6.07, 6.45) is 1.56. The molecule has 2 heterocycles. The molecule has 0 atom stereocenters. The number of benzene rings is 3. The van der Waals surface area contributed by atoms with E-state index in [0.29, 0.717) is 34.3 Å². The van der Waals surface area contributed by atoms with E-state index in [1.165, 1.54) is 3.97 Å². The Morgan fingerprint density at radius 3 is 2.30 bits per heavy atom. The van der Waals surface area contributed by atoms with E-state index in [-0.39, 0.29) is 4.90 Å². The van der Waals surface area contributed by atoms with Crippen LogP contribution in [0, 0.1) is 0 Å². The second kappa shape index (κ2) is 8.73. The Labute approximate surface area is 196 Å². The third kappa shape index (κ3) is 4.23. The minimum absolute atomic E-state index is 0.190. The average molecular weight is 475 g/mol. The van der Waals surface area contributed by atoms with Crippen LogP contribution in [0.1, 0.15) is 5.56 Å². The summed E-state index contributed by atoms with van der Waals surface area (Å²) in [5, 5.41) is 1.19. The number of fused-ring (bicyclic) bond motifs is 1. The molecule has 0 spiro atoms. The van der Waals surface area contributed by atoms with E-state index in [0.717, 1.165) is 10.9 Å². The maximum absolute atomic E-state index is 13.7. The molecule has 33 heavy (non-hydrogen) atoms. The normalized spacial score (nSPS) is 11.5. The molecule has 0 radical (unpaired) electrons.